The molecule has 0 saturated heterocycles. The van der Waals surface area contributed by atoms with Gasteiger partial charge in [-0.2, -0.15) is 0 Å². The van der Waals surface area contributed by atoms with Crippen LogP contribution in [0.1, 0.15) is 10.5 Å². The van der Waals surface area contributed by atoms with Crippen LogP contribution in [-0.4, -0.2) is 44.8 Å². The van der Waals surface area contributed by atoms with Gasteiger partial charge in [0, 0.05) is 10.5 Å². The van der Waals surface area contributed by atoms with Crippen molar-refractivity contribution in [1.29, 1.82) is 0 Å². The van der Waals surface area contributed by atoms with E-state index in [1.807, 2.05) is 0 Å². The summed E-state index contributed by atoms with van der Waals surface area (Å²) in [5.41, 5.74) is 5.61. The van der Waals surface area contributed by atoms with Gasteiger partial charge in [0.15, 0.2) is 28.7 Å². The first-order valence-corrected chi connectivity index (χ1v) is 9.67. The smallest absolute Gasteiger partial charge is 0.332 e. The normalized spacial score (nSPS) is 10.9. The molecule has 4 rings (SSSR count). The Hall–Kier alpha value is -3.86. The van der Waals surface area contributed by atoms with Gasteiger partial charge in [-0.15, -0.1) is 0 Å². The number of phenolic OH excluding ortho intramolecular Hbond substituents is 1. The second kappa shape index (κ2) is 7.76. The quantitative estimate of drug-likeness (QED) is 0.393. The zero-order chi connectivity index (χ0) is 22.3. The number of benzene rings is 2. The van der Waals surface area contributed by atoms with E-state index in [1.165, 1.54) is 24.9 Å². The summed E-state index contributed by atoms with van der Waals surface area (Å²) in [6.07, 6.45) is 0. The summed E-state index contributed by atoms with van der Waals surface area (Å²) in [5, 5.41) is 10.3. The number of phenols is 1. The predicted molar refractivity (Wildman–Crippen MR) is 116 cm³/mol. The summed E-state index contributed by atoms with van der Waals surface area (Å²) in [4.78, 5) is 36.1. The van der Waals surface area contributed by atoms with Gasteiger partial charge in [-0.25, -0.2) is 19.3 Å². The molecule has 158 valence electrons. The molecule has 0 aliphatic rings. The van der Waals surface area contributed by atoms with E-state index in [4.69, 9.17) is 15.2 Å². The number of ether oxygens (including phenoxy) is 2. The van der Waals surface area contributed by atoms with Gasteiger partial charge < -0.3 is 25.3 Å². The van der Waals surface area contributed by atoms with Gasteiger partial charge in [0.2, 0.25) is 0 Å². The highest BCUT2D eigenvalue weighted by atomic mass is 79.9. The maximum Gasteiger partial charge on any atom is 0.332 e. The van der Waals surface area contributed by atoms with Crippen molar-refractivity contribution in [1.82, 2.24) is 19.5 Å². The number of carbonyl (C=O) groups is 1. The molecule has 0 radical (unpaired) electrons. The lowest BCUT2D eigenvalue weighted by Crippen LogP contribution is -2.15. The van der Waals surface area contributed by atoms with Crippen LogP contribution in [0.3, 0.4) is 0 Å². The Morgan fingerprint density at radius 2 is 1.87 bits per heavy atom. The van der Waals surface area contributed by atoms with E-state index in [0.717, 1.165) is 0 Å². The minimum atomic E-state index is -0.858. The largest absolute Gasteiger partial charge is 0.507 e. The van der Waals surface area contributed by atoms with E-state index < -0.39 is 11.6 Å². The first kappa shape index (κ1) is 20.4. The molecular formula is C20H16BrN5O5. The number of halogens is 1. The lowest BCUT2D eigenvalue weighted by atomic mass is 10.2. The highest BCUT2D eigenvalue weighted by Crippen LogP contribution is 2.32. The molecule has 0 aliphatic carbocycles. The van der Waals surface area contributed by atoms with Crippen LogP contribution in [-0.2, 0) is 0 Å². The molecular weight excluding hydrogens is 470 g/mol. The Kier molecular flexibility index (Phi) is 5.11. The van der Waals surface area contributed by atoms with Crippen LogP contribution in [0.25, 0.3) is 28.2 Å². The van der Waals surface area contributed by atoms with Gasteiger partial charge in [-0.3, -0.25) is 4.79 Å². The third-order valence-corrected chi connectivity index (χ3v) is 5.09. The van der Waals surface area contributed by atoms with E-state index >= 15 is 0 Å². The average Bonchev–Trinajstić information content (AvgIpc) is 3.09. The second-order valence-electron chi connectivity index (χ2n) is 6.42. The third kappa shape index (κ3) is 3.48. The highest BCUT2D eigenvalue weighted by molar-refractivity contribution is 9.10. The number of hydrogen-bond acceptors (Lipinski definition) is 7. The van der Waals surface area contributed by atoms with Crippen molar-refractivity contribution in [2.45, 2.75) is 0 Å². The molecule has 2 aromatic carbocycles. The minimum absolute atomic E-state index is 0.0216. The van der Waals surface area contributed by atoms with E-state index in [0.29, 0.717) is 21.7 Å². The molecule has 2 heterocycles. The lowest BCUT2D eigenvalue weighted by Gasteiger charge is -2.11. The number of nitrogens with zero attached hydrogens (tertiary/aromatic N) is 3. The van der Waals surface area contributed by atoms with Crippen molar-refractivity contribution in [3.8, 4) is 34.3 Å². The number of hydrogen-bond donors (Lipinski definition) is 3. The Morgan fingerprint density at radius 3 is 2.55 bits per heavy atom. The monoisotopic (exact) mass is 485 g/mol. The number of H-pyrrole nitrogens is 1. The van der Waals surface area contributed by atoms with E-state index in [1.54, 1.807) is 30.3 Å². The zero-order valence-corrected chi connectivity index (χ0v) is 17.9. The van der Waals surface area contributed by atoms with Crippen LogP contribution >= 0.6 is 15.9 Å². The van der Waals surface area contributed by atoms with Crippen molar-refractivity contribution in [3.63, 3.8) is 0 Å². The number of carbonyl (C=O) groups excluding carboxylic acids is 1. The summed E-state index contributed by atoms with van der Waals surface area (Å²) >= 11 is 3.33. The summed E-state index contributed by atoms with van der Waals surface area (Å²) in [6, 6.07) is 9.55. The lowest BCUT2D eigenvalue weighted by molar-refractivity contribution is 0.0997. The molecule has 4 aromatic rings. The van der Waals surface area contributed by atoms with Crippen molar-refractivity contribution in [3.05, 3.63) is 57.0 Å². The van der Waals surface area contributed by atoms with Crippen LogP contribution in [0.15, 0.2) is 45.7 Å². The van der Waals surface area contributed by atoms with Crippen LogP contribution in [0.4, 0.5) is 0 Å². The molecule has 0 saturated carbocycles. The number of nitrogens with one attached hydrogen (secondary N) is 1. The number of methoxy groups -OCH3 is 2. The fourth-order valence-corrected chi connectivity index (χ4v) is 3.54. The average molecular weight is 486 g/mol. The molecule has 31 heavy (non-hydrogen) atoms. The molecule has 0 unspecified atom stereocenters. The number of aromatic hydroxyl groups is 1. The predicted octanol–water partition coefficient (Wildman–Crippen LogP) is 2.36. The fourth-order valence-electron chi connectivity index (χ4n) is 3.17. The van der Waals surface area contributed by atoms with Crippen molar-refractivity contribution in [2.24, 2.45) is 5.73 Å². The Bertz CT molecular complexity index is 1390. The zero-order valence-electron chi connectivity index (χ0n) is 16.3. The van der Waals surface area contributed by atoms with Gasteiger partial charge in [-0.05, 0) is 30.3 Å². The molecule has 10 nitrogen and oxygen atoms in total. The number of amides is 1. The third-order valence-electron chi connectivity index (χ3n) is 4.59. The molecule has 0 spiro atoms. The second-order valence-corrected chi connectivity index (χ2v) is 7.34. The van der Waals surface area contributed by atoms with Gasteiger partial charge in [0.25, 0.3) is 5.91 Å². The first-order valence-electron chi connectivity index (χ1n) is 8.88. The Labute approximate surface area is 183 Å². The van der Waals surface area contributed by atoms with E-state index in [2.05, 4.69) is 30.9 Å². The summed E-state index contributed by atoms with van der Waals surface area (Å²) in [7, 11) is 2.97. The van der Waals surface area contributed by atoms with Gasteiger partial charge in [0.05, 0.1) is 25.5 Å². The number of fused-ring (bicyclic) bond motifs is 1. The fraction of sp³-hybridized carbons (Fsp3) is 0.100. The maximum absolute atomic E-state index is 12.8. The molecule has 0 aliphatic heterocycles. The number of imidazole rings is 1. The highest BCUT2D eigenvalue weighted by Gasteiger charge is 2.22. The number of rotatable bonds is 5. The van der Waals surface area contributed by atoms with Crippen molar-refractivity contribution < 1.29 is 19.4 Å². The van der Waals surface area contributed by atoms with Gasteiger partial charge in [-0.1, -0.05) is 15.9 Å². The molecule has 4 N–H and O–H groups in total. The first-order chi connectivity index (χ1) is 14.8. The van der Waals surface area contributed by atoms with Crippen molar-refractivity contribution >= 4 is 33.0 Å². The van der Waals surface area contributed by atoms with Gasteiger partial charge in [0.1, 0.15) is 11.3 Å². The molecule has 0 fully saturated rings. The molecule has 2 aromatic heterocycles. The Balaban J connectivity index is 2.05. The van der Waals surface area contributed by atoms with E-state index in [9.17, 15) is 14.7 Å². The van der Waals surface area contributed by atoms with Crippen LogP contribution < -0.4 is 20.9 Å². The standard InChI is InChI=1S/C20H16BrN5O5/c1-30-13-6-4-10(8-14(13)31-2)26-19-16(24-20(26)29)15(17(22)28)23-18(25-19)11-7-9(21)3-5-12(11)27/h3-8,27H,1-2H3,(H2,22,28)(H,24,29). The summed E-state index contributed by atoms with van der Waals surface area (Å²) < 4.78 is 12.5. The van der Waals surface area contributed by atoms with Gasteiger partial charge >= 0.3 is 5.69 Å². The topological polar surface area (TPSA) is 145 Å². The minimum Gasteiger partial charge on any atom is -0.507 e. The molecule has 11 heteroatoms. The SMILES string of the molecule is COc1ccc(-n2c(=O)[nH]c3c(C(N)=O)nc(-c4cc(Br)ccc4O)nc32)cc1OC. The van der Waals surface area contributed by atoms with Crippen LogP contribution in [0.5, 0.6) is 17.2 Å². The summed E-state index contributed by atoms with van der Waals surface area (Å²) in [5.74, 6) is -0.0627. The molecule has 0 atom stereocenters. The van der Waals surface area contributed by atoms with Crippen LogP contribution in [0.2, 0.25) is 0 Å². The Morgan fingerprint density at radius 1 is 1.13 bits per heavy atom. The molecule has 0 bridgehead atoms. The number of aromatic amines is 1. The maximum atomic E-state index is 12.8. The number of nitrogens with two attached hydrogens (primary N) is 1. The number of aromatic nitrogens is 4. The molecule has 1 amide bonds. The number of primary amides is 1. The van der Waals surface area contributed by atoms with E-state index in [-0.39, 0.29) is 34.0 Å². The van der Waals surface area contributed by atoms with Crippen molar-refractivity contribution in [2.75, 3.05) is 14.2 Å². The summed E-state index contributed by atoms with van der Waals surface area (Å²) in [6.45, 7) is 0. The van der Waals surface area contributed by atoms with Crippen LogP contribution in [0, 0.1) is 0 Å².